The average Bonchev–Trinajstić information content (AvgIpc) is 2.17. The fraction of sp³-hybridized carbons (Fsp3) is 1.00. The van der Waals surface area contributed by atoms with Gasteiger partial charge in [0.25, 0.3) is 0 Å². The molecule has 0 aromatic carbocycles. The van der Waals surface area contributed by atoms with Crippen LogP contribution in [-0.4, -0.2) is 37.9 Å². The highest BCUT2D eigenvalue weighted by atomic mass is 16.5. The number of rotatable bonds is 4. The predicted octanol–water partition coefficient (Wildman–Crippen LogP) is 0.753. The van der Waals surface area contributed by atoms with Crippen LogP contribution in [0.25, 0.3) is 0 Å². The van der Waals surface area contributed by atoms with Crippen LogP contribution in [0.15, 0.2) is 0 Å². The summed E-state index contributed by atoms with van der Waals surface area (Å²) in [6.07, 6.45) is 1.49. The van der Waals surface area contributed by atoms with Crippen molar-refractivity contribution < 1.29 is 4.74 Å². The Hall–Kier alpha value is -0.120. The average molecular weight is 186 g/mol. The second kappa shape index (κ2) is 4.94. The molecule has 1 aliphatic heterocycles. The van der Waals surface area contributed by atoms with Gasteiger partial charge in [0.15, 0.2) is 0 Å². The predicted molar refractivity (Wildman–Crippen MR) is 55.0 cm³/mol. The summed E-state index contributed by atoms with van der Waals surface area (Å²) < 4.78 is 5.59. The molecule has 0 amide bonds. The first-order valence-corrected chi connectivity index (χ1v) is 5.21. The second-order valence-electron chi connectivity index (χ2n) is 4.32. The van der Waals surface area contributed by atoms with E-state index in [9.17, 15) is 0 Å². The number of hydrogen-bond acceptors (Lipinski definition) is 3. The smallest absolute Gasteiger partial charge is 0.0824 e. The van der Waals surface area contributed by atoms with E-state index in [2.05, 4.69) is 31.4 Å². The molecular formula is C10H22N2O. The lowest BCUT2D eigenvalue weighted by molar-refractivity contribution is 0.0249. The lowest BCUT2D eigenvalue weighted by atomic mass is 10.0. The summed E-state index contributed by atoms with van der Waals surface area (Å²) >= 11 is 0. The number of morpholine rings is 1. The molecule has 0 aromatic rings. The van der Waals surface area contributed by atoms with Crippen LogP contribution in [0.1, 0.15) is 27.2 Å². The van der Waals surface area contributed by atoms with Crippen molar-refractivity contribution in [3.8, 4) is 0 Å². The van der Waals surface area contributed by atoms with Crippen LogP contribution >= 0.6 is 0 Å². The molecule has 1 saturated heterocycles. The fourth-order valence-electron chi connectivity index (χ4n) is 1.27. The fourth-order valence-corrected chi connectivity index (χ4v) is 1.27. The minimum Gasteiger partial charge on any atom is -0.374 e. The zero-order valence-electron chi connectivity index (χ0n) is 9.02. The van der Waals surface area contributed by atoms with Gasteiger partial charge < -0.3 is 15.4 Å². The van der Waals surface area contributed by atoms with E-state index in [4.69, 9.17) is 4.74 Å². The van der Waals surface area contributed by atoms with E-state index in [1.54, 1.807) is 0 Å². The molecule has 1 atom stereocenters. The van der Waals surface area contributed by atoms with Gasteiger partial charge >= 0.3 is 0 Å². The molecule has 0 aliphatic carbocycles. The molecule has 1 heterocycles. The molecule has 3 nitrogen and oxygen atoms in total. The van der Waals surface area contributed by atoms with Gasteiger partial charge in [-0.15, -0.1) is 0 Å². The van der Waals surface area contributed by atoms with Crippen LogP contribution in [0.3, 0.4) is 0 Å². The molecule has 0 saturated carbocycles. The Morgan fingerprint density at radius 3 is 2.85 bits per heavy atom. The summed E-state index contributed by atoms with van der Waals surface area (Å²) in [6, 6.07) is 0. The Kier molecular flexibility index (Phi) is 4.16. The van der Waals surface area contributed by atoms with Gasteiger partial charge in [0.2, 0.25) is 0 Å². The van der Waals surface area contributed by atoms with Crippen molar-refractivity contribution in [3.05, 3.63) is 0 Å². The Bertz CT molecular complexity index is 142. The van der Waals surface area contributed by atoms with Gasteiger partial charge in [-0.25, -0.2) is 0 Å². The first-order chi connectivity index (χ1) is 6.14. The summed E-state index contributed by atoms with van der Waals surface area (Å²) in [7, 11) is 0. The highest BCUT2D eigenvalue weighted by Crippen LogP contribution is 2.07. The van der Waals surface area contributed by atoms with E-state index in [0.717, 1.165) is 32.7 Å². The molecular weight excluding hydrogens is 164 g/mol. The van der Waals surface area contributed by atoms with Crippen LogP contribution in [0.5, 0.6) is 0 Å². The van der Waals surface area contributed by atoms with E-state index >= 15 is 0 Å². The van der Waals surface area contributed by atoms with E-state index in [1.807, 2.05) is 0 Å². The Labute approximate surface area is 81.2 Å². The maximum absolute atomic E-state index is 5.59. The van der Waals surface area contributed by atoms with E-state index < -0.39 is 0 Å². The van der Waals surface area contributed by atoms with Crippen LogP contribution in [-0.2, 0) is 4.74 Å². The highest BCUT2D eigenvalue weighted by Gasteiger charge is 2.18. The highest BCUT2D eigenvalue weighted by molar-refractivity contribution is 4.79. The minimum absolute atomic E-state index is 0.237. The van der Waals surface area contributed by atoms with Crippen LogP contribution in [0.2, 0.25) is 0 Å². The molecule has 78 valence electrons. The molecule has 0 spiro atoms. The van der Waals surface area contributed by atoms with Gasteiger partial charge in [-0.2, -0.15) is 0 Å². The Morgan fingerprint density at radius 2 is 2.31 bits per heavy atom. The quantitative estimate of drug-likeness (QED) is 0.680. The van der Waals surface area contributed by atoms with Gasteiger partial charge in [0.05, 0.1) is 12.7 Å². The van der Waals surface area contributed by atoms with Crippen LogP contribution in [0.4, 0.5) is 0 Å². The lowest BCUT2D eigenvalue weighted by Gasteiger charge is -2.30. The summed E-state index contributed by atoms with van der Waals surface area (Å²) in [5, 5.41) is 6.84. The summed E-state index contributed by atoms with van der Waals surface area (Å²) in [5.41, 5.74) is 0.237. The molecule has 3 heteroatoms. The number of hydrogen-bond donors (Lipinski definition) is 2. The maximum atomic E-state index is 5.59. The molecule has 13 heavy (non-hydrogen) atoms. The van der Waals surface area contributed by atoms with Crippen molar-refractivity contribution in [2.24, 2.45) is 0 Å². The Morgan fingerprint density at radius 1 is 1.54 bits per heavy atom. The number of nitrogens with one attached hydrogen (secondary N) is 2. The first kappa shape index (κ1) is 11.0. The molecule has 1 aliphatic rings. The standard InChI is InChI=1S/C10H22N2O/c1-4-10(2,3)12-8-9-7-11-5-6-13-9/h9,11-12H,4-8H2,1-3H3. The molecule has 1 fully saturated rings. The normalized spacial score (nSPS) is 24.7. The molecule has 0 radical (unpaired) electrons. The molecule has 2 N–H and O–H groups in total. The van der Waals surface area contributed by atoms with E-state index in [-0.39, 0.29) is 5.54 Å². The summed E-state index contributed by atoms with van der Waals surface area (Å²) in [5.74, 6) is 0. The second-order valence-corrected chi connectivity index (χ2v) is 4.32. The molecule has 1 rings (SSSR count). The molecule has 1 unspecified atom stereocenters. The SMILES string of the molecule is CCC(C)(C)NCC1CNCCO1. The van der Waals surface area contributed by atoms with Crippen molar-refractivity contribution in [2.75, 3.05) is 26.2 Å². The van der Waals surface area contributed by atoms with E-state index in [0.29, 0.717) is 6.10 Å². The summed E-state index contributed by atoms with van der Waals surface area (Å²) in [6.45, 7) is 10.4. The Balaban J connectivity index is 2.17. The lowest BCUT2D eigenvalue weighted by Crippen LogP contribution is -2.49. The van der Waals surface area contributed by atoms with Crippen LogP contribution < -0.4 is 10.6 Å². The van der Waals surface area contributed by atoms with Crippen molar-refractivity contribution in [1.82, 2.24) is 10.6 Å². The summed E-state index contributed by atoms with van der Waals surface area (Å²) in [4.78, 5) is 0. The van der Waals surface area contributed by atoms with Gasteiger partial charge in [0.1, 0.15) is 0 Å². The molecule has 0 aromatic heterocycles. The van der Waals surface area contributed by atoms with Crippen LogP contribution in [0, 0.1) is 0 Å². The topological polar surface area (TPSA) is 33.3 Å². The third-order valence-electron chi connectivity index (χ3n) is 2.70. The minimum atomic E-state index is 0.237. The monoisotopic (exact) mass is 186 g/mol. The third kappa shape index (κ3) is 4.07. The van der Waals surface area contributed by atoms with Crippen molar-refractivity contribution in [3.63, 3.8) is 0 Å². The number of ether oxygens (including phenoxy) is 1. The first-order valence-electron chi connectivity index (χ1n) is 5.21. The largest absolute Gasteiger partial charge is 0.374 e. The van der Waals surface area contributed by atoms with Gasteiger partial charge in [-0.1, -0.05) is 6.92 Å². The van der Waals surface area contributed by atoms with Gasteiger partial charge in [-0.05, 0) is 20.3 Å². The maximum Gasteiger partial charge on any atom is 0.0824 e. The van der Waals surface area contributed by atoms with Crippen molar-refractivity contribution >= 4 is 0 Å². The van der Waals surface area contributed by atoms with E-state index in [1.165, 1.54) is 0 Å². The third-order valence-corrected chi connectivity index (χ3v) is 2.70. The van der Waals surface area contributed by atoms with Crippen molar-refractivity contribution in [1.29, 1.82) is 0 Å². The molecule has 0 bridgehead atoms. The van der Waals surface area contributed by atoms with Crippen molar-refractivity contribution in [2.45, 2.75) is 38.8 Å². The van der Waals surface area contributed by atoms with Gasteiger partial charge in [-0.3, -0.25) is 0 Å². The zero-order valence-corrected chi connectivity index (χ0v) is 9.02. The zero-order chi connectivity index (χ0) is 9.73. The van der Waals surface area contributed by atoms with Gasteiger partial charge in [0, 0.05) is 25.2 Å².